The largest absolute Gasteiger partial charge is 0.371 e. The fourth-order valence-corrected chi connectivity index (χ4v) is 4.72. The number of carbonyl (C=O) groups excluding carboxylic acids is 1. The summed E-state index contributed by atoms with van der Waals surface area (Å²) in [5.74, 6) is -1.02. The van der Waals surface area contributed by atoms with Gasteiger partial charge in [-0.25, -0.2) is 12.8 Å². The first-order chi connectivity index (χ1) is 14.2. The van der Waals surface area contributed by atoms with Crippen LogP contribution in [0.15, 0.2) is 47.4 Å². The van der Waals surface area contributed by atoms with Crippen LogP contribution in [0.3, 0.4) is 0 Å². The molecule has 1 amide bonds. The first-order valence-electron chi connectivity index (χ1n) is 8.90. The molecule has 12 heteroatoms. The van der Waals surface area contributed by atoms with Crippen LogP contribution in [0.25, 0.3) is 0 Å². The summed E-state index contributed by atoms with van der Waals surface area (Å²) < 4.78 is 39.9. The fraction of sp³-hybridized carbons (Fsp3) is 0.278. The molecule has 160 valence electrons. The number of benzene rings is 2. The molecule has 0 bridgehead atoms. The number of hydrogen-bond acceptors (Lipinski definition) is 6. The first kappa shape index (κ1) is 21.9. The van der Waals surface area contributed by atoms with Gasteiger partial charge in [0, 0.05) is 32.2 Å². The van der Waals surface area contributed by atoms with Gasteiger partial charge < -0.3 is 10.2 Å². The minimum atomic E-state index is -3.87. The third kappa shape index (κ3) is 4.69. The van der Waals surface area contributed by atoms with Crippen LogP contribution in [0.5, 0.6) is 0 Å². The number of amides is 1. The zero-order valence-corrected chi connectivity index (χ0v) is 17.2. The maximum atomic E-state index is 13.3. The Hall–Kier alpha value is -2.76. The molecule has 2 aromatic carbocycles. The van der Waals surface area contributed by atoms with E-state index >= 15 is 0 Å². The summed E-state index contributed by atoms with van der Waals surface area (Å²) in [6.45, 7) is 0.283. The van der Waals surface area contributed by atoms with Gasteiger partial charge >= 0.3 is 0 Å². The molecule has 9 nitrogen and oxygen atoms in total. The van der Waals surface area contributed by atoms with Gasteiger partial charge in [0.1, 0.15) is 11.5 Å². The zero-order chi connectivity index (χ0) is 21.9. The van der Waals surface area contributed by atoms with Crippen molar-refractivity contribution in [1.29, 1.82) is 0 Å². The third-order valence-electron chi connectivity index (χ3n) is 4.65. The predicted molar refractivity (Wildman–Crippen MR) is 108 cm³/mol. The standard InChI is InChI=1S/C18H18ClFN4O5S/c19-14-11-13(5-6-15(14)20)30(28,29)23-9-7-22(8-10-23)18(25)12-21-16-3-1-2-4-17(16)24(26)27/h1-6,11,21H,7-10,12H2. The van der Waals surface area contributed by atoms with E-state index < -0.39 is 20.8 Å². The van der Waals surface area contributed by atoms with Gasteiger partial charge in [-0.3, -0.25) is 14.9 Å². The van der Waals surface area contributed by atoms with Crippen molar-refractivity contribution in [2.75, 3.05) is 38.0 Å². The van der Waals surface area contributed by atoms with E-state index in [9.17, 15) is 27.7 Å². The predicted octanol–water partition coefficient (Wildman–Crippen LogP) is 2.33. The van der Waals surface area contributed by atoms with Gasteiger partial charge in [-0.05, 0) is 24.3 Å². The number of nitrogens with zero attached hydrogens (tertiary/aromatic N) is 3. The number of sulfonamides is 1. The molecule has 30 heavy (non-hydrogen) atoms. The molecule has 3 rings (SSSR count). The maximum Gasteiger partial charge on any atom is 0.292 e. The van der Waals surface area contributed by atoms with E-state index in [0.717, 1.165) is 18.2 Å². The molecule has 2 aromatic rings. The number of carbonyl (C=O) groups is 1. The van der Waals surface area contributed by atoms with E-state index in [1.807, 2.05) is 0 Å². The van der Waals surface area contributed by atoms with Gasteiger partial charge in [0.25, 0.3) is 5.69 Å². The summed E-state index contributed by atoms with van der Waals surface area (Å²) >= 11 is 5.68. The second kappa shape index (κ2) is 8.94. The zero-order valence-electron chi connectivity index (χ0n) is 15.6. The lowest BCUT2D eigenvalue weighted by Gasteiger charge is -2.34. The lowest BCUT2D eigenvalue weighted by molar-refractivity contribution is -0.383. The quantitative estimate of drug-likeness (QED) is 0.527. The average molecular weight is 457 g/mol. The van der Waals surface area contributed by atoms with Crippen LogP contribution in [0.4, 0.5) is 15.8 Å². The molecule has 0 aliphatic carbocycles. The van der Waals surface area contributed by atoms with Crippen LogP contribution in [0.2, 0.25) is 5.02 Å². The molecule has 1 fully saturated rings. The number of piperazine rings is 1. The SMILES string of the molecule is O=C(CNc1ccccc1[N+](=O)[O-])N1CCN(S(=O)(=O)c2ccc(F)c(Cl)c2)CC1. The van der Waals surface area contributed by atoms with E-state index in [1.165, 1.54) is 27.4 Å². The van der Waals surface area contributed by atoms with E-state index in [0.29, 0.717) is 0 Å². The van der Waals surface area contributed by atoms with E-state index in [1.54, 1.807) is 6.07 Å². The molecule has 0 radical (unpaired) electrons. The summed E-state index contributed by atoms with van der Waals surface area (Å²) in [4.78, 5) is 24.3. The number of nitro groups is 1. The van der Waals surface area contributed by atoms with Crippen LogP contribution in [0.1, 0.15) is 0 Å². The van der Waals surface area contributed by atoms with Gasteiger partial charge in [0.2, 0.25) is 15.9 Å². The highest BCUT2D eigenvalue weighted by Gasteiger charge is 2.30. The number of nitrogens with one attached hydrogen (secondary N) is 1. The second-order valence-electron chi connectivity index (χ2n) is 6.49. The Morgan fingerprint density at radius 1 is 1.17 bits per heavy atom. The smallest absolute Gasteiger partial charge is 0.292 e. The van der Waals surface area contributed by atoms with Gasteiger partial charge in [-0.15, -0.1) is 0 Å². The van der Waals surface area contributed by atoms with Crippen molar-refractivity contribution >= 4 is 38.9 Å². The third-order valence-corrected chi connectivity index (χ3v) is 6.84. The number of rotatable bonds is 6. The highest BCUT2D eigenvalue weighted by atomic mass is 35.5. The molecular formula is C18H18ClFN4O5S. The maximum absolute atomic E-state index is 13.3. The molecule has 0 atom stereocenters. The van der Waals surface area contributed by atoms with Gasteiger partial charge in [-0.1, -0.05) is 23.7 Å². The van der Waals surface area contributed by atoms with Crippen LogP contribution >= 0.6 is 11.6 Å². The van der Waals surface area contributed by atoms with E-state index in [2.05, 4.69) is 5.32 Å². The van der Waals surface area contributed by atoms with E-state index in [4.69, 9.17) is 11.6 Å². The van der Waals surface area contributed by atoms with Crippen LogP contribution < -0.4 is 5.32 Å². The van der Waals surface area contributed by atoms with Crippen molar-refractivity contribution in [2.45, 2.75) is 4.90 Å². The normalized spacial score (nSPS) is 15.1. The Morgan fingerprint density at radius 3 is 2.47 bits per heavy atom. The molecule has 0 unspecified atom stereocenters. The molecule has 1 aliphatic heterocycles. The Labute approximate surface area is 177 Å². The molecule has 0 saturated carbocycles. The highest BCUT2D eigenvalue weighted by molar-refractivity contribution is 7.89. The monoisotopic (exact) mass is 456 g/mol. The minimum Gasteiger partial charge on any atom is -0.371 e. The lowest BCUT2D eigenvalue weighted by atomic mass is 10.2. The summed E-state index contributed by atoms with van der Waals surface area (Å²) in [7, 11) is -3.87. The van der Waals surface area contributed by atoms with Crippen molar-refractivity contribution in [2.24, 2.45) is 0 Å². The lowest BCUT2D eigenvalue weighted by Crippen LogP contribution is -2.51. The van der Waals surface area contributed by atoms with Crippen LogP contribution in [-0.4, -0.2) is 61.2 Å². The van der Waals surface area contributed by atoms with E-state index in [-0.39, 0.29) is 59.9 Å². The van der Waals surface area contributed by atoms with Crippen LogP contribution in [-0.2, 0) is 14.8 Å². The number of para-hydroxylation sites is 2. The summed E-state index contributed by atoms with van der Waals surface area (Å²) in [5, 5.41) is 13.5. The van der Waals surface area contributed by atoms with Crippen molar-refractivity contribution < 1.29 is 22.5 Å². The number of halogens is 2. The second-order valence-corrected chi connectivity index (χ2v) is 8.83. The number of nitro benzene ring substituents is 1. The van der Waals surface area contributed by atoms with Crippen molar-refractivity contribution in [3.8, 4) is 0 Å². The topological polar surface area (TPSA) is 113 Å². The minimum absolute atomic E-state index is 0.0640. The Balaban J connectivity index is 1.59. The Kier molecular flexibility index (Phi) is 6.54. The summed E-state index contributed by atoms with van der Waals surface area (Å²) in [6.07, 6.45) is 0. The molecule has 1 heterocycles. The van der Waals surface area contributed by atoms with Gasteiger partial charge in [0.15, 0.2) is 0 Å². The molecule has 1 N–H and O–H groups in total. The fourth-order valence-electron chi connectivity index (χ4n) is 3.03. The van der Waals surface area contributed by atoms with Gasteiger partial charge in [-0.2, -0.15) is 4.31 Å². The molecule has 1 saturated heterocycles. The van der Waals surface area contributed by atoms with Gasteiger partial charge in [0.05, 0.1) is 21.4 Å². The summed E-state index contributed by atoms with van der Waals surface area (Å²) in [5.41, 5.74) is 0.0874. The summed E-state index contributed by atoms with van der Waals surface area (Å²) in [6, 6.07) is 9.17. The van der Waals surface area contributed by atoms with Crippen LogP contribution in [0, 0.1) is 15.9 Å². The van der Waals surface area contributed by atoms with Crippen molar-refractivity contribution in [1.82, 2.24) is 9.21 Å². The average Bonchev–Trinajstić information content (AvgIpc) is 2.74. The Bertz CT molecular complexity index is 1070. The van der Waals surface area contributed by atoms with Crippen molar-refractivity contribution in [3.05, 3.63) is 63.4 Å². The molecule has 0 spiro atoms. The van der Waals surface area contributed by atoms with Crippen molar-refractivity contribution in [3.63, 3.8) is 0 Å². The highest BCUT2D eigenvalue weighted by Crippen LogP contribution is 2.24. The molecular weight excluding hydrogens is 439 g/mol. The number of anilines is 1. The molecule has 0 aromatic heterocycles. The first-order valence-corrected chi connectivity index (χ1v) is 10.7. The Morgan fingerprint density at radius 2 is 1.83 bits per heavy atom. The molecule has 1 aliphatic rings. The number of hydrogen-bond donors (Lipinski definition) is 1.